The summed E-state index contributed by atoms with van der Waals surface area (Å²) in [5.74, 6) is -0.753. The van der Waals surface area contributed by atoms with E-state index < -0.39 is 36.0 Å². The summed E-state index contributed by atoms with van der Waals surface area (Å²) in [6.45, 7) is 0.709. The van der Waals surface area contributed by atoms with Gasteiger partial charge in [-0.25, -0.2) is 15.0 Å². The fraction of sp³-hybridized carbons (Fsp3) is 0.432. The molecule has 312 valence electrons. The molecule has 5 N–H and O–H groups in total. The van der Waals surface area contributed by atoms with Gasteiger partial charge >= 0.3 is 17.9 Å². The van der Waals surface area contributed by atoms with Crippen molar-refractivity contribution in [3.05, 3.63) is 55.0 Å². The van der Waals surface area contributed by atoms with Gasteiger partial charge in [0.15, 0.2) is 11.6 Å². The molecule has 6 rings (SSSR count). The zero-order valence-electron chi connectivity index (χ0n) is 33.5. The van der Waals surface area contributed by atoms with E-state index in [1.54, 1.807) is 76.1 Å². The van der Waals surface area contributed by atoms with Gasteiger partial charge in [-0.05, 0) is 57.5 Å². The number of aromatic nitrogens is 3. The number of fused-ring (bicyclic) bond motifs is 3. The number of ether oxygens (including phenoxy) is 2. The first-order chi connectivity index (χ1) is 27.8. The van der Waals surface area contributed by atoms with E-state index in [0.29, 0.717) is 54.2 Å². The fourth-order valence-electron chi connectivity index (χ4n) is 6.29. The molecule has 0 aliphatic carbocycles. The number of anilines is 6. The highest BCUT2D eigenvalue weighted by molar-refractivity contribution is 6.06. The third kappa shape index (κ3) is 10.5. The largest absolute Gasteiger partial charge is 0.480 e. The molecule has 3 aromatic rings. The lowest BCUT2D eigenvalue weighted by molar-refractivity contribution is -0.140. The number of esters is 2. The maximum atomic E-state index is 12.5. The summed E-state index contributed by atoms with van der Waals surface area (Å²) in [5.41, 5.74) is 1.72. The van der Waals surface area contributed by atoms with Crippen LogP contribution in [0.1, 0.15) is 0 Å². The zero-order valence-corrected chi connectivity index (χ0v) is 33.5. The molecule has 3 aliphatic rings. The van der Waals surface area contributed by atoms with Crippen LogP contribution in [0.25, 0.3) is 0 Å². The summed E-state index contributed by atoms with van der Waals surface area (Å²) in [5, 5.41) is 20.9. The van der Waals surface area contributed by atoms with Gasteiger partial charge in [0.1, 0.15) is 43.6 Å². The monoisotopic (exact) mass is 806 g/mol. The average molecular weight is 807 g/mol. The van der Waals surface area contributed by atoms with E-state index in [-0.39, 0.29) is 37.4 Å². The van der Waals surface area contributed by atoms with Crippen LogP contribution < -0.4 is 45.8 Å². The van der Waals surface area contributed by atoms with Crippen LogP contribution in [-0.4, -0.2) is 163 Å². The van der Waals surface area contributed by atoms with Gasteiger partial charge in [-0.1, -0.05) is 0 Å². The quantitative estimate of drug-likeness (QED) is 0.159. The van der Waals surface area contributed by atoms with E-state index in [1.165, 1.54) is 28.9 Å². The molecule has 21 heteroatoms. The normalized spacial score (nSPS) is 18.6. The number of rotatable bonds is 9. The Kier molecular flexibility index (Phi) is 15.8. The number of carboxylic acids is 1. The molecule has 0 aromatic carbocycles. The smallest absolute Gasteiger partial charge is 0.325 e. The average Bonchev–Trinajstić information content (AvgIpc) is 3.48. The number of hydrogen-bond acceptors (Lipinski definition) is 17. The molecule has 3 atom stereocenters. The lowest BCUT2D eigenvalue weighted by Crippen LogP contribution is -2.49. The number of carbonyl (C=O) groups is 6. The molecule has 0 saturated carbocycles. The zero-order chi connectivity index (χ0) is 42.5. The Morgan fingerprint density at radius 2 is 1.07 bits per heavy atom. The van der Waals surface area contributed by atoms with Gasteiger partial charge in [0.25, 0.3) is 0 Å². The highest BCUT2D eigenvalue weighted by Gasteiger charge is 2.35. The van der Waals surface area contributed by atoms with Crippen molar-refractivity contribution in [2.75, 3.05) is 119 Å². The molecule has 0 fully saturated rings. The number of nitrogens with one attached hydrogen (secondary N) is 4. The molecule has 0 saturated heterocycles. The van der Waals surface area contributed by atoms with Gasteiger partial charge in [0.05, 0.1) is 31.3 Å². The Hall–Kier alpha value is -6.45. The Morgan fingerprint density at radius 3 is 1.50 bits per heavy atom. The van der Waals surface area contributed by atoms with Crippen molar-refractivity contribution in [1.82, 2.24) is 30.9 Å². The number of carbonyl (C=O) groups excluding carboxylic acids is 5. The molecular weight excluding hydrogens is 756 g/mol. The topological polar surface area (TPSA) is 244 Å². The van der Waals surface area contributed by atoms with Gasteiger partial charge in [-0.2, -0.15) is 0 Å². The van der Waals surface area contributed by atoms with E-state index in [9.17, 15) is 28.8 Å². The third-order valence-electron chi connectivity index (χ3n) is 9.36. The van der Waals surface area contributed by atoms with Crippen LogP contribution in [0.4, 0.5) is 34.5 Å². The maximum absolute atomic E-state index is 12.5. The summed E-state index contributed by atoms with van der Waals surface area (Å²) in [6.07, 6.45) is 4.92. The van der Waals surface area contributed by atoms with Crippen LogP contribution in [0.3, 0.4) is 0 Å². The van der Waals surface area contributed by atoms with Crippen LogP contribution in [0.15, 0.2) is 55.0 Å². The predicted octanol–water partition coefficient (Wildman–Crippen LogP) is -1.24. The number of amides is 3. The standard InChI is InChI=1S/C13H18N4O3.2C12H16N4O3/c1-14-9-7-16(2)12-10(5-4-6-15-12)17(13(9)19)8-11(18)20-3;1-13-8-6-15-11-9(4-3-5-14-11)16(12(8)18)7-10(17)19-2;1-13-8-6-15(2)11-9(4-3-5-14-11)16(12(8)19)7-10(17)18/h4-6,9,14H,7-8H2,1-3H3;3-5,8,13H,6-7H2,1-2H3,(H,14,15);3-5,8,13H,6-7H2,1-2H3,(H,17,18)/t9-;2*8-/m000/s1. The van der Waals surface area contributed by atoms with E-state index >= 15 is 0 Å². The molecule has 3 amide bonds. The second-order valence-electron chi connectivity index (χ2n) is 13.0. The summed E-state index contributed by atoms with van der Waals surface area (Å²) >= 11 is 0. The van der Waals surface area contributed by atoms with E-state index in [4.69, 9.17) is 5.11 Å². The molecule has 6 heterocycles. The van der Waals surface area contributed by atoms with Gasteiger partial charge in [0, 0.05) is 52.3 Å². The second kappa shape index (κ2) is 20.6. The summed E-state index contributed by atoms with van der Waals surface area (Å²) in [6, 6.07) is 9.09. The van der Waals surface area contributed by atoms with E-state index in [0.717, 1.165) is 0 Å². The minimum absolute atomic E-state index is 0.125. The Bertz CT molecular complexity index is 1950. The lowest BCUT2D eigenvalue weighted by Gasteiger charge is -2.23. The van der Waals surface area contributed by atoms with Crippen LogP contribution in [0.2, 0.25) is 0 Å². The first kappa shape index (κ1) is 44.3. The lowest BCUT2D eigenvalue weighted by atomic mass is 10.2. The van der Waals surface area contributed by atoms with Crippen LogP contribution >= 0.6 is 0 Å². The number of likely N-dealkylation sites (N-methyl/N-ethyl adjacent to an activating group) is 5. The van der Waals surface area contributed by atoms with Crippen molar-refractivity contribution in [2.24, 2.45) is 0 Å². The van der Waals surface area contributed by atoms with Gasteiger partial charge in [-0.15, -0.1) is 0 Å². The fourth-order valence-corrected chi connectivity index (χ4v) is 6.29. The molecule has 3 aromatic heterocycles. The SMILES string of the molecule is CN[C@H]1CN(C)c2ncccc2N(CC(=O)O)C1=O.CN[C@H]1CN(C)c2ncccc2N(CC(=O)OC)C1=O.CN[C@H]1CNc2ncccc2N(CC(=O)OC)C1=O. The van der Waals surface area contributed by atoms with E-state index in [1.807, 2.05) is 23.9 Å². The summed E-state index contributed by atoms with van der Waals surface area (Å²) in [4.78, 5) is 91.8. The van der Waals surface area contributed by atoms with Gasteiger partial charge in [-0.3, -0.25) is 43.5 Å². The number of hydrogen-bond donors (Lipinski definition) is 5. The minimum atomic E-state index is -1.05. The van der Waals surface area contributed by atoms with E-state index in [2.05, 4.69) is 45.7 Å². The number of pyridine rings is 3. The Balaban J connectivity index is 0.000000193. The maximum Gasteiger partial charge on any atom is 0.325 e. The number of methoxy groups -OCH3 is 2. The molecule has 3 aliphatic heterocycles. The predicted molar refractivity (Wildman–Crippen MR) is 215 cm³/mol. The minimum Gasteiger partial charge on any atom is -0.480 e. The van der Waals surface area contributed by atoms with Crippen molar-refractivity contribution in [3.63, 3.8) is 0 Å². The third-order valence-corrected chi connectivity index (χ3v) is 9.36. The first-order valence-electron chi connectivity index (χ1n) is 18.1. The van der Waals surface area contributed by atoms with Crippen molar-refractivity contribution in [3.8, 4) is 0 Å². The van der Waals surface area contributed by atoms with Crippen LogP contribution in [0.5, 0.6) is 0 Å². The Morgan fingerprint density at radius 1 is 0.672 bits per heavy atom. The number of nitrogens with zero attached hydrogens (tertiary/aromatic N) is 8. The van der Waals surface area contributed by atoms with Gasteiger partial charge < -0.3 is 45.6 Å². The van der Waals surface area contributed by atoms with Crippen LogP contribution in [-0.2, 0) is 38.2 Å². The van der Waals surface area contributed by atoms with Crippen molar-refractivity contribution >= 4 is 70.1 Å². The summed E-state index contributed by atoms with van der Waals surface area (Å²) < 4.78 is 9.30. The van der Waals surface area contributed by atoms with Crippen molar-refractivity contribution in [2.45, 2.75) is 18.1 Å². The van der Waals surface area contributed by atoms with Crippen molar-refractivity contribution < 1.29 is 43.3 Å². The molecular formula is C37H50N12O9. The van der Waals surface area contributed by atoms with Gasteiger partial charge in [0.2, 0.25) is 17.7 Å². The Labute approximate surface area is 335 Å². The molecule has 21 nitrogen and oxygen atoms in total. The van der Waals surface area contributed by atoms with Crippen LogP contribution in [0, 0.1) is 0 Å². The molecule has 0 bridgehead atoms. The highest BCUT2D eigenvalue weighted by Crippen LogP contribution is 2.31. The number of aliphatic carboxylic acids is 1. The molecule has 0 radical (unpaired) electrons. The number of carboxylic acid groups (broad SMARTS) is 1. The molecule has 58 heavy (non-hydrogen) atoms. The van der Waals surface area contributed by atoms with Crippen molar-refractivity contribution in [1.29, 1.82) is 0 Å². The highest BCUT2D eigenvalue weighted by atomic mass is 16.5. The molecule has 0 spiro atoms. The molecule has 0 unspecified atom stereocenters. The second-order valence-corrected chi connectivity index (χ2v) is 13.0. The summed E-state index contributed by atoms with van der Waals surface area (Å²) in [7, 11) is 11.4. The first-order valence-corrected chi connectivity index (χ1v) is 18.1.